The molecule has 0 spiro atoms. The van der Waals surface area contributed by atoms with Crippen molar-refractivity contribution in [1.29, 1.82) is 0 Å². The summed E-state index contributed by atoms with van der Waals surface area (Å²) in [6.45, 7) is 3.36. The van der Waals surface area contributed by atoms with Gasteiger partial charge in [-0.1, -0.05) is 20.8 Å². The van der Waals surface area contributed by atoms with Crippen molar-refractivity contribution in [1.82, 2.24) is 5.32 Å². The molecule has 1 N–H and O–H groups in total. The number of halogens is 2. The average molecular weight is 181 g/mol. The molecule has 0 aromatic heterocycles. The van der Waals surface area contributed by atoms with Crippen LogP contribution in [0.4, 0.5) is 8.78 Å². The van der Waals surface area contributed by atoms with Crippen LogP contribution in [-0.4, -0.2) is 26.3 Å². The molecule has 12 heavy (non-hydrogen) atoms. The van der Waals surface area contributed by atoms with Crippen LogP contribution in [-0.2, 0) is 4.74 Å². The molecule has 2 nitrogen and oxygen atoms in total. The summed E-state index contributed by atoms with van der Waals surface area (Å²) in [5, 5.41) is 2.82. The van der Waals surface area contributed by atoms with Crippen molar-refractivity contribution >= 4 is 0 Å². The topological polar surface area (TPSA) is 21.3 Å². The Morgan fingerprint density at radius 3 is 2.08 bits per heavy atom. The molecule has 0 fully saturated rings. The first-order valence-corrected chi connectivity index (χ1v) is 3.96. The van der Waals surface area contributed by atoms with Gasteiger partial charge >= 0.3 is 6.61 Å². The van der Waals surface area contributed by atoms with Gasteiger partial charge in [0.25, 0.3) is 0 Å². The van der Waals surface area contributed by atoms with Gasteiger partial charge in [-0.2, -0.15) is 8.78 Å². The molecule has 1 atom stereocenters. The van der Waals surface area contributed by atoms with E-state index >= 15 is 0 Å². The van der Waals surface area contributed by atoms with E-state index in [1.54, 1.807) is 7.05 Å². The molecule has 0 aliphatic heterocycles. The second-order valence-corrected chi connectivity index (χ2v) is 3.81. The molecule has 0 saturated heterocycles. The highest BCUT2D eigenvalue weighted by atomic mass is 19.3. The maximum absolute atomic E-state index is 11.9. The van der Waals surface area contributed by atoms with Gasteiger partial charge in [-0.25, -0.2) is 0 Å². The van der Waals surface area contributed by atoms with E-state index in [-0.39, 0.29) is 5.41 Å². The Balaban J connectivity index is 4.04. The Morgan fingerprint density at radius 2 is 1.83 bits per heavy atom. The van der Waals surface area contributed by atoms with Crippen LogP contribution >= 0.6 is 0 Å². The zero-order valence-corrected chi connectivity index (χ0v) is 8.03. The van der Waals surface area contributed by atoms with Crippen molar-refractivity contribution in [3.8, 4) is 0 Å². The third kappa shape index (κ3) is 4.62. The van der Waals surface area contributed by atoms with Crippen molar-refractivity contribution in [2.24, 2.45) is 5.41 Å². The standard InChI is InChI=1S/C8H17F2NO/c1-8(2,3)6(5-11-4)12-7(9)10/h6-7,11H,5H2,1-4H3. The quantitative estimate of drug-likeness (QED) is 0.714. The summed E-state index contributed by atoms with van der Waals surface area (Å²) in [4.78, 5) is 0. The van der Waals surface area contributed by atoms with Crippen molar-refractivity contribution in [2.45, 2.75) is 33.5 Å². The summed E-state index contributed by atoms with van der Waals surface area (Å²) in [5.41, 5.74) is -0.264. The number of hydrogen-bond donors (Lipinski definition) is 1. The van der Waals surface area contributed by atoms with Crippen molar-refractivity contribution in [3.63, 3.8) is 0 Å². The van der Waals surface area contributed by atoms with E-state index in [4.69, 9.17) is 0 Å². The largest absolute Gasteiger partial charge is 0.345 e. The molecule has 0 saturated carbocycles. The van der Waals surface area contributed by atoms with Gasteiger partial charge in [0.05, 0.1) is 6.10 Å². The number of likely N-dealkylation sites (N-methyl/N-ethyl adjacent to an activating group) is 1. The SMILES string of the molecule is CNCC(OC(F)F)C(C)(C)C. The lowest BCUT2D eigenvalue weighted by molar-refractivity contribution is -0.185. The zero-order valence-electron chi connectivity index (χ0n) is 8.03. The highest BCUT2D eigenvalue weighted by Gasteiger charge is 2.27. The van der Waals surface area contributed by atoms with Gasteiger partial charge in [-0.15, -0.1) is 0 Å². The lowest BCUT2D eigenvalue weighted by atomic mass is 9.89. The summed E-state index contributed by atoms with van der Waals surface area (Å²) in [6, 6.07) is 0. The summed E-state index contributed by atoms with van der Waals surface area (Å²) < 4.78 is 28.2. The van der Waals surface area contributed by atoms with Gasteiger partial charge < -0.3 is 10.1 Å². The summed E-state index contributed by atoms with van der Waals surface area (Å²) in [5.74, 6) is 0. The molecule has 1 unspecified atom stereocenters. The van der Waals surface area contributed by atoms with E-state index in [9.17, 15) is 8.78 Å². The van der Waals surface area contributed by atoms with Crippen LogP contribution in [0.1, 0.15) is 20.8 Å². The fourth-order valence-electron chi connectivity index (χ4n) is 0.868. The molecule has 74 valence electrons. The minimum Gasteiger partial charge on any atom is -0.318 e. The zero-order chi connectivity index (χ0) is 9.78. The first kappa shape index (κ1) is 11.8. The lowest BCUT2D eigenvalue weighted by Gasteiger charge is -2.29. The van der Waals surface area contributed by atoms with Crippen molar-refractivity contribution < 1.29 is 13.5 Å². The van der Waals surface area contributed by atoms with Gasteiger partial charge in [-0.05, 0) is 12.5 Å². The summed E-state index contributed by atoms with van der Waals surface area (Å²) in [7, 11) is 1.72. The molecule has 0 aromatic carbocycles. The molecule has 0 amide bonds. The first-order chi connectivity index (χ1) is 5.38. The van der Waals surface area contributed by atoms with E-state index in [1.807, 2.05) is 20.8 Å². The van der Waals surface area contributed by atoms with E-state index in [1.165, 1.54) is 0 Å². The van der Waals surface area contributed by atoms with Crippen LogP contribution < -0.4 is 5.32 Å². The molecular weight excluding hydrogens is 164 g/mol. The highest BCUT2D eigenvalue weighted by molar-refractivity contribution is 4.75. The number of nitrogens with one attached hydrogen (secondary N) is 1. The maximum Gasteiger partial charge on any atom is 0.345 e. The van der Waals surface area contributed by atoms with E-state index in [0.717, 1.165) is 0 Å². The third-order valence-electron chi connectivity index (χ3n) is 1.62. The average Bonchev–Trinajstić information content (AvgIpc) is 1.83. The molecule has 0 aromatic rings. The monoisotopic (exact) mass is 181 g/mol. The fraction of sp³-hybridized carbons (Fsp3) is 1.00. The molecule has 0 aliphatic rings. The third-order valence-corrected chi connectivity index (χ3v) is 1.62. The predicted octanol–water partition coefficient (Wildman–Crippen LogP) is 1.86. The van der Waals surface area contributed by atoms with Crippen LogP contribution in [0.25, 0.3) is 0 Å². The fourth-order valence-corrected chi connectivity index (χ4v) is 0.868. The van der Waals surface area contributed by atoms with E-state index < -0.39 is 12.7 Å². The normalized spacial score (nSPS) is 15.2. The van der Waals surface area contributed by atoms with Crippen molar-refractivity contribution in [3.05, 3.63) is 0 Å². The van der Waals surface area contributed by atoms with Gasteiger partial charge in [0.2, 0.25) is 0 Å². The summed E-state index contributed by atoms with van der Waals surface area (Å²) >= 11 is 0. The molecule has 0 aliphatic carbocycles. The highest BCUT2D eigenvalue weighted by Crippen LogP contribution is 2.23. The number of alkyl halides is 2. The second kappa shape index (κ2) is 4.72. The van der Waals surface area contributed by atoms with Crippen LogP contribution in [0.15, 0.2) is 0 Å². The Bertz CT molecular complexity index is 123. The predicted molar refractivity (Wildman–Crippen MR) is 44.3 cm³/mol. The Hall–Kier alpha value is -0.220. The van der Waals surface area contributed by atoms with Gasteiger partial charge in [0.15, 0.2) is 0 Å². The molecule has 4 heteroatoms. The van der Waals surface area contributed by atoms with E-state index in [2.05, 4.69) is 10.1 Å². The van der Waals surface area contributed by atoms with Gasteiger partial charge in [-0.3, -0.25) is 0 Å². The van der Waals surface area contributed by atoms with Crippen LogP contribution in [0.5, 0.6) is 0 Å². The van der Waals surface area contributed by atoms with Crippen LogP contribution in [0.3, 0.4) is 0 Å². The maximum atomic E-state index is 11.9. The molecule has 0 radical (unpaired) electrons. The van der Waals surface area contributed by atoms with Crippen molar-refractivity contribution in [2.75, 3.05) is 13.6 Å². The Kier molecular flexibility index (Phi) is 4.63. The Morgan fingerprint density at radius 1 is 1.33 bits per heavy atom. The number of hydrogen-bond acceptors (Lipinski definition) is 2. The summed E-state index contributed by atoms with van der Waals surface area (Å²) in [6.07, 6.45) is -0.456. The van der Waals surface area contributed by atoms with Crippen LogP contribution in [0.2, 0.25) is 0 Å². The van der Waals surface area contributed by atoms with E-state index in [0.29, 0.717) is 6.54 Å². The smallest absolute Gasteiger partial charge is 0.318 e. The molecule has 0 bridgehead atoms. The minimum atomic E-state index is -2.69. The first-order valence-electron chi connectivity index (χ1n) is 3.96. The molecule has 0 heterocycles. The minimum absolute atomic E-state index is 0.264. The lowest BCUT2D eigenvalue weighted by Crippen LogP contribution is -2.38. The number of ether oxygens (including phenoxy) is 1. The van der Waals surface area contributed by atoms with Gasteiger partial charge in [0.1, 0.15) is 0 Å². The number of rotatable bonds is 4. The second-order valence-electron chi connectivity index (χ2n) is 3.81. The van der Waals surface area contributed by atoms with Crippen LogP contribution in [0, 0.1) is 5.41 Å². The van der Waals surface area contributed by atoms with Gasteiger partial charge in [0, 0.05) is 6.54 Å². The molecular formula is C8H17F2NO. The molecule has 0 rings (SSSR count). The Labute approximate surface area is 72.3 Å².